The molecule has 0 fully saturated rings. The predicted molar refractivity (Wildman–Crippen MR) is 56.3 cm³/mol. The summed E-state index contributed by atoms with van der Waals surface area (Å²) >= 11 is 1.60. The summed E-state index contributed by atoms with van der Waals surface area (Å²) in [5, 5.41) is 14.1. The largest absolute Gasteiger partial charge is 0.381 e. The van der Waals surface area contributed by atoms with E-state index >= 15 is 0 Å². The zero-order chi connectivity index (χ0) is 10.1. The van der Waals surface area contributed by atoms with E-state index in [9.17, 15) is 5.11 Å². The van der Waals surface area contributed by atoms with Crippen LogP contribution in [0.5, 0.6) is 0 Å². The lowest BCUT2D eigenvalue weighted by Crippen LogP contribution is -1.99. The molecule has 0 saturated heterocycles. The molecule has 0 saturated carbocycles. The van der Waals surface area contributed by atoms with Crippen LogP contribution in [0.3, 0.4) is 0 Å². The monoisotopic (exact) mass is 208 g/mol. The molecular formula is C10H12N2OS. The Bertz CT molecular complexity index is 393. The Kier molecular flexibility index (Phi) is 2.39. The lowest BCUT2D eigenvalue weighted by atomic mass is 10.2. The van der Waals surface area contributed by atoms with E-state index in [1.807, 2.05) is 38.4 Å². The van der Waals surface area contributed by atoms with Gasteiger partial charge in [-0.05, 0) is 25.1 Å². The highest BCUT2D eigenvalue weighted by Crippen LogP contribution is 2.26. The number of rotatable bonds is 2. The Balaban J connectivity index is 2.28. The fraction of sp³-hybridized carbons (Fsp3) is 0.300. The van der Waals surface area contributed by atoms with Crippen LogP contribution in [0.4, 0.5) is 0 Å². The van der Waals surface area contributed by atoms with Crippen molar-refractivity contribution in [2.75, 3.05) is 0 Å². The third kappa shape index (κ3) is 1.71. The molecule has 0 aliphatic rings. The van der Waals surface area contributed by atoms with E-state index in [4.69, 9.17) is 0 Å². The number of nitrogens with zero attached hydrogens (tertiary/aromatic N) is 2. The molecule has 4 heteroatoms. The lowest BCUT2D eigenvalue weighted by molar-refractivity contribution is 0.218. The Morgan fingerprint density at radius 3 is 2.71 bits per heavy atom. The van der Waals surface area contributed by atoms with Gasteiger partial charge < -0.3 is 5.11 Å². The van der Waals surface area contributed by atoms with Gasteiger partial charge in [0.05, 0.1) is 5.69 Å². The van der Waals surface area contributed by atoms with Crippen LogP contribution in [0.25, 0.3) is 0 Å². The van der Waals surface area contributed by atoms with E-state index in [2.05, 4.69) is 5.10 Å². The molecule has 74 valence electrons. The van der Waals surface area contributed by atoms with Crippen LogP contribution in [-0.2, 0) is 7.05 Å². The van der Waals surface area contributed by atoms with E-state index in [1.54, 1.807) is 16.0 Å². The zero-order valence-electron chi connectivity index (χ0n) is 8.14. The molecule has 14 heavy (non-hydrogen) atoms. The van der Waals surface area contributed by atoms with Gasteiger partial charge in [0.1, 0.15) is 6.10 Å². The van der Waals surface area contributed by atoms with Crippen LogP contribution in [0, 0.1) is 6.92 Å². The van der Waals surface area contributed by atoms with Gasteiger partial charge in [0.15, 0.2) is 0 Å². The molecule has 2 aromatic rings. The molecule has 0 aliphatic carbocycles. The number of aliphatic hydroxyl groups excluding tert-OH is 1. The molecule has 2 aromatic heterocycles. The molecule has 3 nitrogen and oxygen atoms in total. The van der Waals surface area contributed by atoms with Crippen LogP contribution < -0.4 is 0 Å². The summed E-state index contributed by atoms with van der Waals surface area (Å²) in [5.41, 5.74) is 0.703. The molecule has 0 radical (unpaired) electrons. The van der Waals surface area contributed by atoms with Gasteiger partial charge in [0.2, 0.25) is 0 Å². The van der Waals surface area contributed by atoms with Crippen molar-refractivity contribution >= 4 is 11.3 Å². The molecule has 0 aliphatic heterocycles. The molecule has 2 heterocycles. The maximum Gasteiger partial charge on any atom is 0.132 e. The van der Waals surface area contributed by atoms with Crippen LogP contribution in [0.2, 0.25) is 0 Å². The normalized spacial score (nSPS) is 13.1. The first kappa shape index (κ1) is 9.43. The van der Waals surface area contributed by atoms with Gasteiger partial charge in [-0.2, -0.15) is 5.10 Å². The van der Waals surface area contributed by atoms with Crippen LogP contribution in [0.15, 0.2) is 24.4 Å². The third-order valence-electron chi connectivity index (χ3n) is 2.05. The number of hydrogen-bond donors (Lipinski definition) is 1. The van der Waals surface area contributed by atoms with Gasteiger partial charge in [0.25, 0.3) is 0 Å². The maximum absolute atomic E-state index is 9.95. The molecule has 2 rings (SSSR count). The number of aryl methyl sites for hydroxylation is 2. The molecule has 1 atom stereocenters. The minimum atomic E-state index is -0.588. The summed E-state index contributed by atoms with van der Waals surface area (Å²) in [5.74, 6) is 0. The van der Waals surface area contributed by atoms with Crippen molar-refractivity contribution < 1.29 is 5.11 Å². The van der Waals surface area contributed by atoms with Crippen molar-refractivity contribution in [2.45, 2.75) is 13.0 Å². The number of aromatic nitrogens is 2. The zero-order valence-corrected chi connectivity index (χ0v) is 8.95. The predicted octanol–water partition coefficient (Wildman–Crippen LogP) is 1.87. The summed E-state index contributed by atoms with van der Waals surface area (Å²) in [6.07, 6.45) is 1.24. The summed E-state index contributed by atoms with van der Waals surface area (Å²) in [7, 11) is 1.84. The second kappa shape index (κ2) is 3.55. The van der Waals surface area contributed by atoms with Crippen molar-refractivity contribution in [1.82, 2.24) is 9.78 Å². The Hall–Kier alpha value is -1.13. The van der Waals surface area contributed by atoms with Crippen molar-refractivity contribution in [3.8, 4) is 0 Å². The summed E-state index contributed by atoms with van der Waals surface area (Å²) < 4.78 is 1.69. The fourth-order valence-electron chi connectivity index (χ4n) is 1.33. The van der Waals surface area contributed by atoms with Gasteiger partial charge in [-0.3, -0.25) is 4.68 Å². The maximum atomic E-state index is 9.95. The molecule has 1 N–H and O–H groups in total. The van der Waals surface area contributed by atoms with E-state index in [-0.39, 0.29) is 0 Å². The van der Waals surface area contributed by atoms with Crippen molar-refractivity contribution in [3.63, 3.8) is 0 Å². The van der Waals surface area contributed by atoms with E-state index in [0.29, 0.717) is 5.69 Å². The van der Waals surface area contributed by atoms with Crippen molar-refractivity contribution in [1.29, 1.82) is 0 Å². The minimum absolute atomic E-state index is 0.588. The van der Waals surface area contributed by atoms with Crippen molar-refractivity contribution in [3.05, 3.63) is 39.8 Å². The molecule has 0 spiro atoms. The SMILES string of the molecule is Cc1ccc(C(O)c2ccn(C)n2)s1. The highest BCUT2D eigenvalue weighted by molar-refractivity contribution is 7.12. The second-order valence-electron chi connectivity index (χ2n) is 3.27. The van der Waals surface area contributed by atoms with Crippen LogP contribution >= 0.6 is 11.3 Å². The Morgan fingerprint density at radius 1 is 1.43 bits per heavy atom. The first-order valence-electron chi connectivity index (χ1n) is 4.41. The van der Waals surface area contributed by atoms with Gasteiger partial charge >= 0.3 is 0 Å². The van der Waals surface area contributed by atoms with Gasteiger partial charge in [0, 0.05) is 23.0 Å². The molecule has 0 amide bonds. The Labute approximate surface area is 86.6 Å². The first-order valence-corrected chi connectivity index (χ1v) is 5.22. The van der Waals surface area contributed by atoms with E-state index < -0.39 is 6.10 Å². The molecule has 1 unspecified atom stereocenters. The Morgan fingerprint density at radius 2 is 2.21 bits per heavy atom. The summed E-state index contributed by atoms with van der Waals surface area (Å²) in [6, 6.07) is 5.78. The third-order valence-corrected chi connectivity index (χ3v) is 3.10. The highest BCUT2D eigenvalue weighted by atomic mass is 32.1. The molecular weight excluding hydrogens is 196 g/mol. The van der Waals surface area contributed by atoms with Gasteiger partial charge in [-0.15, -0.1) is 11.3 Å². The van der Waals surface area contributed by atoms with E-state index in [0.717, 1.165) is 4.88 Å². The number of hydrogen-bond acceptors (Lipinski definition) is 3. The van der Waals surface area contributed by atoms with Crippen LogP contribution in [-0.4, -0.2) is 14.9 Å². The number of aliphatic hydroxyl groups is 1. The summed E-state index contributed by atoms with van der Waals surface area (Å²) in [6.45, 7) is 2.03. The topological polar surface area (TPSA) is 38.0 Å². The molecule has 0 aromatic carbocycles. The van der Waals surface area contributed by atoms with E-state index in [1.165, 1.54) is 4.88 Å². The first-order chi connectivity index (χ1) is 6.66. The second-order valence-corrected chi connectivity index (χ2v) is 4.58. The lowest BCUT2D eigenvalue weighted by Gasteiger charge is -2.03. The quantitative estimate of drug-likeness (QED) is 0.818. The smallest absolute Gasteiger partial charge is 0.132 e. The summed E-state index contributed by atoms with van der Waals surface area (Å²) in [4.78, 5) is 2.15. The highest BCUT2D eigenvalue weighted by Gasteiger charge is 2.14. The van der Waals surface area contributed by atoms with Gasteiger partial charge in [-0.25, -0.2) is 0 Å². The average Bonchev–Trinajstić information content (AvgIpc) is 2.73. The molecule has 0 bridgehead atoms. The average molecular weight is 208 g/mol. The fourth-order valence-corrected chi connectivity index (χ4v) is 2.20. The standard InChI is InChI=1S/C10H12N2OS/c1-7-3-4-9(14-7)10(13)8-5-6-12(2)11-8/h3-6,10,13H,1-2H3. The van der Waals surface area contributed by atoms with Crippen LogP contribution in [0.1, 0.15) is 21.6 Å². The number of thiophene rings is 1. The minimum Gasteiger partial charge on any atom is -0.381 e. The van der Waals surface area contributed by atoms with Gasteiger partial charge in [-0.1, -0.05) is 0 Å². The van der Waals surface area contributed by atoms with Crippen molar-refractivity contribution in [2.24, 2.45) is 7.05 Å².